The topological polar surface area (TPSA) is 78.7 Å². The van der Waals surface area contributed by atoms with Crippen LogP contribution in [0.25, 0.3) is 0 Å². The smallest absolute Gasteiger partial charge is 0.279 e. The van der Waals surface area contributed by atoms with Crippen molar-refractivity contribution in [1.29, 1.82) is 0 Å². The van der Waals surface area contributed by atoms with Crippen molar-refractivity contribution in [3.8, 4) is 0 Å². The van der Waals surface area contributed by atoms with E-state index in [0.717, 1.165) is 32.5 Å². The van der Waals surface area contributed by atoms with Gasteiger partial charge in [0.05, 0.1) is 0 Å². The Kier molecular flexibility index (Phi) is 6.43. The average Bonchev–Trinajstić information content (AvgIpc) is 2.47. The summed E-state index contributed by atoms with van der Waals surface area (Å²) in [5.74, 6) is 0.299. The van der Waals surface area contributed by atoms with Crippen LogP contribution in [0.4, 0.5) is 0 Å². The molecule has 21 heavy (non-hydrogen) atoms. The van der Waals surface area contributed by atoms with E-state index in [9.17, 15) is 8.42 Å². The number of nitrogens with zero attached hydrogens (tertiary/aromatic N) is 2. The number of hydrogen-bond donors (Lipinski definition) is 2. The maximum Gasteiger partial charge on any atom is 0.279 e. The maximum atomic E-state index is 12.5. The lowest BCUT2D eigenvalue weighted by molar-refractivity contribution is 0.213. The predicted octanol–water partition coefficient (Wildman–Crippen LogP) is 0.366. The Bertz CT molecular complexity index is 409. The molecule has 0 bridgehead atoms. The van der Waals surface area contributed by atoms with Gasteiger partial charge in [-0.1, -0.05) is 6.42 Å². The quantitative estimate of drug-likeness (QED) is 0.741. The van der Waals surface area contributed by atoms with Gasteiger partial charge in [0.25, 0.3) is 10.2 Å². The van der Waals surface area contributed by atoms with E-state index >= 15 is 0 Å². The van der Waals surface area contributed by atoms with E-state index in [1.54, 1.807) is 4.31 Å². The summed E-state index contributed by atoms with van der Waals surface area (Å²) in [5.41, 5.74) is 5.69. The minimum absolute atomic E-state index is 0.0497. The molecule has 0 saturated carbocycles. The van der Waals surface area contributed by atoms with Gasteiger partial charge in [0, 0.05) is 25.7 Å². The van der Waals surface area contributed by atoms with Crippen LogP contribution in [0.5, 0.6) is 0 Å². The van der Waals surface area contributed by atoms with E-state index < -0.39 is 10.2 Å². The molecule has 2 atom stereocenters. The highest BCUT2D eigenvalue weighted by Gasteiger charge is 2.29. The number of rotatable bonds is 6. The molecule has 0 spiro atoms. The van der Waals surface area contributed by atoms with E-state index in [1.807, 2.05) is 6.92 Å². The normalized spacial score (nSPS) is 27.6. The van der Waals surface area contributed by atoms with Crippen LogP contribution >= 0.6 is 0 Å². The third-order valence-electron chi connectivity index (χ3n) is 4.49. The molecule has 0 aromatic carbocycles. The molecule has 0 aromatic heterocycles. The van der Waals surface area contributed by atoms with Crippen molar-refractivity contribution in [3.63, 3.8) is 0 Å². The zero-order chi connectivity index (χ0) is 15.3. The molecular weight excluding hydrogens is 288 g/mol. The van der Waals surface area contributed by atoms with E-state index in [0.29, 0.717) is 25.6 Å². The first-order valence-corrected chi connectivity index (χ1v) is 9.65. The summed E-state index contributed by atoms with van der Waals surface area (Å²) >= 11 is 0. The molecule has 6 nitrogen and oxygen atoms in total. The van der Waals surface area contributed by atoms with Gasteiger partial charge >= 0.3 is 0 Å². The van der Waals surface area contributed by atoms with Crippen molar-refractivity contribution in [3.05, 3.63) is 0 Å². The third-order valence-corrected chi connectivity index (χ3v) is 6.20. The summed E-state index contributed by atoms with van der Waals surface area (Å²) in [6.45, 7) is 6.67. The third kappa shape index (κ3) is 5.17. The lowest BCUT2D eigenvalue weighted by Gasteiger charge is -2.33. The van der Waals surface area contributed by atoms with Crippen LogP contribution in [-0.4, -0.2) is 62.9 Å². The minimum atomic E-state index is -3.38. The molecule has 3 N–H and O–H groups in total. The van der Waals surface area contributed by atoms with Gasteiger partial charge in [0.1, 0.15) is 0 Å². The minimum Gasteiger partial charge on any atom is -0.330 e. The van der Waals surface area contributed by atoms with Crippen LogP contribution < -0.4 is 10.5 Å². The molecule has 0 amide bonds. The number of piperidine rings is 2. The first-order valence-electron chi connectivity index (χ1n) is 8.21. The molecule has 2 fully saturated rings. The first-order chi connectivity index (χ1) is 10.0. The number of likely N-dealkylation sites (tertiary alicyclic amines) is 1. The van der Waals surface area contributed by atoms with Crippen LogP contribution in [0, 0.1) is 5.92 Å². The van der Waals surface area contributed by atoms with Crippen molar-refractivity contribution >= 4 is 10.2 Å². The van der Waals surface area contributed by atoms with Crippen molar-refractivity contribution in [2.45, 2.75) is 45.1 Å². The van der Waals surface area contributed by atoms with E-state index in [4.69, 9.17) is 5.73 Å². The van der Waals surface area contributed by atoms with Crippen LogP contribution in [0.1, 0.15) is 39.0 Å². The Morgan fingerprint density at radius 2 is 1.90 bits per heavy atom. The predicted molar refractivity (Wildman–Crippen MR) is 85.2 cm³/mol. The largest absolute Gasteiger partial charge is 0.330 e. The van der Waals surface area contributed by atoms with Gasteiger partial charge < -0.3 is 10.6 Å². The molecule has 2 saturated heterocycles. The number of nitrogens with one attached hydrogen (secondary N) is 1. The molecule has 2 unspecified atom stereocenters. The molecule has 124 valence electrons. The van der Waals surface area contributed by atoms with Gasteiger partial charge in [-0.25, -0.2) is 0 Å². The lowest BCUT2D eigenvalue weighted by atomic mass is 10.0. The second kappa shape index (κ2) is 7.87. The average molecular weight is 318 g/mol. The zero-order valence-corrected chi connectivity index (χ0v) is 13.9. The summed E-state index contributed by atoms with van der Waals surface area (Å²) < 4.78 is 29.3. The summed E-state index contributed by atoms with van der Waals surface area (Å²) in [4.78, 5) is 2.36. The van der Waals surface area contributed by atoms with Gasteiger partial charge in [0.2, 0.25) is 0 Å². The van der Waals surface area contributed by atoms with E-state index in [1.165, 1.54) is 19.3 Å². The lowest BCUT2D eigenvalue weighted by Crippen LogP contribution is -2.51. The highest BCUT2D eigenvalue weighted by Crippen LogP contribution is 2.18. The van der Waals surface area contributed by atoms with Crippen molar-refractivity contribution in [2.24, 2.45) is 11.7 Å². The Hall–Kier alpha value is -0.210. The van der Waals surface area contributed by atoms with E-state index in [2.05, 4.69) is 9.62 Å². The first kappa shape index (κ1) is 17.1. The SMILES string of the molecule is CC(CN1CCCCC1)NS(=O)(=O)N1CCCC(CN)C1. The fourth-order valence-corrected chi connectivity index (χ4v) is 4.84. The summed E-state index contributed by atoms with van der Waals surface area (Å²) in [6.07, 6.45) is 5.69. The zero-order valence-electron chi connectivity index (χ0n) is 13.1. The van der Waals surface area contributed by atoms with Crippen LogP contribution in [0.3, 0.4) is 0 Å². The van der Waals surface area contributed by atoms with Crippen molar-refractivity contribution in [2.75, 3.05) is 39.3 Å². The van der Waals surface area contributed by atoms with Crippen LogP contribution in [0.2, 0.25) is 0 Å². The second-order valence-electron chi connectivity index (χ2n) is 6.49. The molecule has 0 radical (unpaired) electrons. The van der Waals surface area contributed by atoms with Gasteiger partial charge in [0.15, 0.2) is 0 Å². The molecule has 2 aliphatic rings. The monoisotopic (exact) mass is 318 g/mol. The van der Waals surface area contributed by atoms with Crippen LogP contribution in [0.15, 0.2) is 0 Å². The Labute approximate surface area is 129 Å². The maximum absolute atomic E-state index is 12.5. The van der Waals surface area contributed by atoms with Gasteiger partial charge in [-0.15, -0.1) is 0 Å². The summed E-state index contributed by atoms with van der Waals surface area (Å²) in [5, 5.41) is 0. The Morgan fingerprint density at radius 1 is 1.19 bits per heavy atom. The van der Waals surface area contributed by atoms with Gasteiger partial charge in [-0.05, 0) is 58.2 Å². The standard InChI is InChI=1S/C14H30N4O2S/c1-13(11-17-7-3-2-4-8-17)16-21(19,20)18-9-5-6-14(10-15)12-18/h13-14,16H,2-12,15H2,1H3. The Morgan fingerprint density at radius 3 is 2.57 bits per heavy atom. The molecule has 0 aliphatic carbocycles. The van der Waals surface area contributed by atoms with Crippen LogP contribution in [-0.2, 0) is 10.2 Å². The molecule has 7 heteroatoms. The van der Waals surface area contributed by atoms with Gasteiger partial charge in [-0.3, -0.25) is 0 Å². The molecule has 2 heterocycles. The van der Waals surface area contributed by atoms with E-state index in [-0.39, 0.29) is 6.04 Å². The summed E-state index contributed by atoms with van der Waals surface area (Å²) in [7, 11) is -3.38. The van der Waals surface area contributed by atoms with Crippen molar-refractivity contribution < 1.29 is 8.42 Å². The second-order valence-corrected chi connectivity index (χ2v) is 8.19. The molecule has 2 rings (SSSR count). The number of nitrogens with two attached hydrogens (primary N) is 1. The Balaban J connectivity index is 1.84. The molecular formula is C14H30N4O2S. The van der Waals surface area contributed by atoms with Crippen molar-refractivity contribution in [1.82, 2.24) is 13.9 Å². The fourth-order valence-electron chi connectivity index (χ4n) is 3.33. The van der Waals surface area contributed by atoms with Gasteiger partial charge in [-0.2, -0.15) is 17.4 Å². The number of hydrogen-bond acceptors (Lipinski definition) is 4. The fraction of sp³-hybridized carbons (Fsp3) is 1.00. The highest BCUT2D eigenvalue weighted by molar-refractivity contribution is 7.87. The molecule has 2 aliphatic heterocycles. The highest BCUT2D eigenvalue weighted by atomic mass is 32.2. The summed E-state index contributed by atoms with van der Waals surface area (Å²) in [6, 6.07) is -0.0497. The molecule has 0 aromatic rings.